The summed E-state index contributed by atoms with van der Waals surface area (Å²) < 4.78 is 0. The predicted octanol–water partition coefficient (Wildman–Crippen LogP) is 1.96. The molecule has 0 fully saturated rings. The number of nitrogens with zero attached hydrogens (tertiary/aromatic N) is 3. The molecule has 1 aliphatic heterocycles. The van der Waals surface area contributed by atoms with E-state index in [1.807, 2.05) is 60.7 Å². The monoisotopic (exact) mass is 322 g/mol. The summed E-state index contributed by atoms with van der Waals surface area (Å²) in [6.07, 6.45) is 0.727. The molecule has 0 unspecified atom stereocenters. The molecule has 6 nitrogen and oxygen atoms in total. The number of rotatable bonds is 5. The summed E-state index contributed by atoms with van der Waals surface area (Å²) in [5.41, 5.74) is 8.48. The highest BCUT2D eigenvalue weighted by molar-refractivity contribution is 6.02. The fourth-order valence-electron chi connectivity index (χ4n) is 2.36. The summed E-state index contributed by atoms with van der Waals surface area (Å²) in [6, 6.07) is 19.0. The maximum Gasteiger partial charge on any atom is 0.283 e. The zero-order chi connectivity index (χ0) is 16.8. The minimum absolute atomic E-state index is 0.195. The molecule has 2 aromatic carbocycles. The fraction of sp³-hybridized carbons (Fsp3) is 0.167. The molecule has 3 rings (SSSR count). The smallest absolute Gasteiger partial charge is 0.283 e. The average Bonchev–Trinajstić information content (AvgIpc) is 3.13. The lowest BCUT2D eigenvalue weighted by molar-refractivity contribution is -0.135. The molecule has 6 heteroatoms. The first-order valence-electron chi connectivity index (χ1n) is 7.68. The average molecular weight is 322 g/mol. The van der Waals surface area contributed by atoms with Crippen molar-refractivity contribution in [3.05, 3.63) is 71.8 Å². The number of amides is 1. The molecule has 0 aliphatic carbocycles. The van der Waals surface area contributed by atoms with Gasteiger partial charge in [-0.05, 0) is 5.56 Å². The number of hydrazone groups is 1. The summed E-state index contributed by atoms with van der Waals surface area (Å²) >= 11 is 0. The van der Waals surface area contributed by atoms with Gasteiger partial charge in [-0.1, -0.05) is 65.8 Å². The van der Waals surface area contributed by atoms with E-state index in [1.165, 1.54) is 5.01 Å². The lowest BCUT2D eigenvalue weighted by Gasteiger charge is -2.10. The van der Waals surface area contributed by atoms with Crippen molar-refractivity contribution in [1.82, 2.24) is 5.01 Å². The van der Waals surface area contributed by atoms with Crippen molar-refractivity contribution in [3.8, 4) is 0 Å². The molecule has 2 N–H and O–H groups in total. The maximum atomic E-state index is 12.1. The second kappa shape index (κ2) is 7.41. The molecule has 0 saturated heterocycles. The van der Waals surface area contributed by atoms with Gasteiger partial charge in [0.15, 0.2) is 12.4 Å². The summed E-state index contributed by atoms with van der Waals surface area (Å²) in [5, 5.41) is 9.55. The molecule has 1 heterocycles. The summed E-state index contributed by atoms with van der Waals surface area (Å²) in [4.78, 5) is 17.2. The van der Waals surface area contributed by atoms with Crippen LogP contribution in [0.5, 0.6) is 0 Å². The van der Waals surface area contributed by atoms with Crippen molar-refractivity contribution in [3.63, 3.8) is 0 Å². The van der Waals surface area contributed by atoms with Gasteiger partial charge in [-0.15, -0.1) is 0 Å². The van der Waals surface area contributed by atoms with Gasteiger partial charge in [0.1, 0.15) is 0 Å². The largest absolute Gasteiger partial charge is 0.384 e. The molecule has 2 aromatic rings. The van der Waals surface area contributed by atoms with E-state index < -0.39 is 0 Å². The van der Waals surface area contributed by atoms with Gasteiger partial charge in [-0.2, -0.15) is 5.10 Å². The van der Waals surface area contributed by atoms with Crippen LogP contribution in [0.4, 0.5) is 0 Å². The van der Waals surface area contributed by atoms with Gasteiger partial charge in [-0.25, -0.2) is 5.01 Å². The molecule has 0 bridgehead atoms. The molecule has 0 radical (unpaired) electrons. The zero-order valence-corrected chi connectivity index (χ0v) is 13.1. The third kappa shape index (κ3) is 3.78. The Kier molecular flexibility index (Phi) is 4.86. The maximum absolute atomic E-state index is 12.1. The van der Waals surface area contributed by atoms with Crippen molar-refractivity contribution in [2.45, 2.75) is 6.42 Å². The Labute approximate surface area is 140 Å². The van der Waals surface area contributed by atoms with E-state index in [-0.39, 0.29) is 18.3 Å². The van der Waals surface area contributed by atoms with Gasteiger partial charge in [-0.3, -0.25) is 4.79 Å². The first kappa shape index (κ1) is 15.7. The van der Waals surface area contributed by atoms with E-state index in [1.54, 1.807) is 0 Å². The number of benzene rings is 2. The Balaban J connectivity index is 1.56. The Morgan fingerprint density at radius 1 is 1.12 bits per heavy atom. The topological polar surface area (TPSA) is 80.3 Å². The number of nitrogens with two attached hydrogens (primary N) is 1. The third-order valence-electron chi connectivity index (χ3n) is 3.62. The van der Waals surface area contributed by atoms with E-state index in [4.69, 9.17) is 10.6 Å². The van der Waals surface area contributed by atoms with Crippen LogP contribution in [-0.4, -0.2) is 35.6 Å². The standard InChI is InChI=1S/C18H18N4O2/c19-18(15-9-5-2-6-10-15)21-24-13-17(23)22-12-11-16(20-22)14-7-3-1-4-8-14/h1-10H,11-13H2,(H2,19,21). The van der Waals surface area contributed by atoms with Crippen LogP contribution in [0.3, 0.4) is 0 Å². The number of oxime groups is 1. The van der Waals surface area contributed by atoms with E-state index in [9.17, 15) is 4.79 Å². The second-order valence-electron chi connectivity index (χ2n) is 5.30. The molecule has 122 valence electrons. The Morgan fingerprint density at radius 3 is 2.50 bits per heavy atom. The number of hydrogen-bond acceptors (Lipinski definition) is 4. The SMILES string of the molecule is N/C(=N/OCC(=O)N1CCC(c2ccccc2)=N1)c1ccccc1. The zero-order valence-electron chi connectivity index (χ0n) is 13.1. The van der Waals surface area contributed by atoms with E-state index in [0.717, 1.165) is 23.3 Å². The highest BCUT2D eigenvalue weighted by atomic mass is 16.6. The highest BCUT2D eigenvalue weighted by Crippen LogP contribution is 2.13. The number of carbonyl (C=O) groups is 1. The first-order valence-corrected chi connectivity index (χ1v) is 7.68. The van der Waals surface area contributed by atoms with E-state index in [0.29, 0.717) is 6.54 Å². The Hall–Kier alpha value is -3.15. The van der Waals surface area contributed by atoms with Crippen LogP contribution < -0.4 is 5.73 Å². The van der Waals surface area contributed by atoms with Gasteiger partial charge in [0.25, 0.3) is 5.91 Å². The van der Waals surface area contributed by atoms with Crippen molar-refractivity contribution < 1.29 is 9.63 Å². The van der Waals surface area contributed by atoms with Crippen LogP contribution in [0.25, 0.3) is 0 Å². The van der Waals surface area contributed by atoms with Crippen LogP contribution in [-0.2, 0) is 9.63 Å². The predicted molar refractivity (Wildman–Crippen MR) is 92.4 cm³/mol. The Bertz CT molecular complexity index is 757. The highest BCUT2D eigenvalue weighted by Gasteiger charge is 2.21. The molecule has 24 heavy (non-hydrogen) atoms. The number of hydrogen-bond donors (Lipinski definition) is 1. The van der Waals surface area contributed by atoms with E-state index >= 15 is 0 Å². The third-order valence-corrected chi connectivity index (χ3v) is 3.62. The van der Waals surface area contributed by atoms with Gasteiger partial charge in [0.2, 0.25) is 0 Å². The Morgan fingerprint density at radius 2 is 1.79 bits per heavy atom. The molecule has 0 spiro atoms. The molecule has 0 atom stereocenters. The minimum Gasteiger partial charge on any atom is -0.384 e. The molecule has 0 aromatic heterocycles. The van der Waals surface area contributed by atoms with Gasteiger partial charge in [0, 0.05) is 12.0 Å². The summed E-state index contributed by atoms with van der Waals surface area (Å²) in [6.45, 7) is 0.351. The molecule has 0 saturated carbocycles. The molecular weight excluding hydrogens is 304 g/mol. The van der Waals surface area contributed by atoms with Crippen LogP contribution in [0, 0.1) is 0 Å². The lowest BCUT2D eigenvalue weighted by atomic mass is 10.1. The van der Waals surface area contributed by atoms with Crippen molar-refractivity contribution in [2.75, 3.05) is 13.2 Å². The van der Waals surface area contributed by atoms with Crippen LogP contribution in [0.15, 0.2) is 70.9 Å². The van der Waals surface area contributed by atoms with Gasteiger partial charge < -0.3 is 10.6 Å². The van der Waals surface area contributed by atoms with Crippen LogP contribution in [0.2, 0.25) is 0 Å². The van der Waals surface area contributed by atoms with Crippen molar-refractivity contribution >= 4 is 17.5 Å². The minimum atomic E-state index is -0.245. The van der Waals surface area contributed by atoms with Crippen LogP contribution >= 0.6 is 0 Å². The quantitative estimate of drug-likeness (QED) is 0.519. The second-order valence-corrected chi connectivity index (χ2v) is 5.30. The number of carbonyl (C=O) groups excluding carboxylic acids is 1. The van der Waals surface area contributed by atoms with Crippen molar-refractivity contribution in [2.24, 2.45) is 16.0 Å². The normalized spacial score (nSPS) is 14.4. The fourth-order valence-corrected chi connectivity index (χ4v) is 2.36. The van der Waals surface area contributed by atoms with E-state index in [2.05, 4.69) is 10.3 Å². The lowest BCUT2D eigenvalue weighted by Crippen LogP contribution is -2.27. The van der Waals surface area contributed by atoms with Crippen molar-refractivity contribution in [1.29, 1.82) is 0 Å². The molecular formula is C18H18N4O2. The summed E-state index contributed by atoms with van der Waals surface area (Å²) in [7, 11) is 0. The molecule has 1 aliphatic rings. The number of amidine groups is 1. The first-order chi connectivity index (χ1) is 11.7. The van der Waals surface area contributed by atoms with Gasteiger partial charge in [0.05, 0.1) is 12.3 Å². The van der Waals surface area contributed by atoms with Crippen LogP contribution in [0.1, 0.15) is 17.5 Å². The van der Waals surface area contributed by atoms with Gasteiger partial charge >= 0.3 is 0 Å². The molecule has 1 amide bonds. The summed E-state index contributed by atoms with van der Waals surface area (Å²) in [5.74, 6) is -0.0103.